The van der Waals surface area contributed by atoms with E-state index in [1.165, 1.54) is 7.11 Å². The van der Waals surface area contributed by atoms with E-state index in [0.29, 0.717) is 17.9 Å². The number of benzene rings is 1. The Kier molecular flexibility index (Phi) is 8.47. The van der Waals surface area contributed by atoms with Crippen molar-refractivity contribution in [1.82, 2.24) is 10.2 Å². The fourth-order valence-electron chi connectivity index (χ4n) is 2.02. The molecule has 1 aromatic rings. The molecule has 0 saturated carbocycles. The zero-order chi connectivity index (χ0) is 15.5. The predicted octanol–water partition coefficient (Wildman–Crippen LogP) is 1.75. The van der Waals surface area contributed by atoms with Crippen LogP contribution in [0.25, 0.3) is 0 Å². The van der Waals surface area contributed by atoms with Gasteiger partial charge in [0.05, 0.1) is 13.7 Å². The fraction of sp³-hybridized carbons (Fsp3) is 0.562. The van der Waals surface area contributed by atoms with Gasteiger partial charge in [0, 0.05) is 31.4 Å². The van der Waals surface area contributed by atoms with E-state index in [2.05, 4.69) is 29.1 Å². The van der Waals surface area contributed by atoms with Crippen molar-refractivity contribution in [3.05, 3.63) is 23.8 Å². The Labute approximate surface area is 127 Å². The van der Waals surface area contributed by atoms with Gasteiger partial charge < -0.3 is 20.1 Å². The number of aromatic hydroxyl groups is 1. The van der Waals surface area contributed by atoms with Gasteiger partial charge in [0.15, 0.2) is 11.5 Å². The summed E-state index contributed by atoms with van der Waals surface area (Å²) in [4.78, 5) is 6.70. The summed E-state index contributed by atoms with van der Waals surface area (Å²) in [5, 5.41) is 13.3. The van der Waals surface area contributed by atoms with Crippen LogP contribution in [0.15, 0.2) is 23.2 Å². The van der Waals surface area contributed by atoms with Gasteiger partial charge in [-0.15, -0.1) is 0 Å². The van der Waals surface area contributed by atoms with Crippen LogP contribution < -0.4 is 10.1 Å². The number of rotatable bonds is 10. The molecule has 0 aliphatic carbocycles. The summed E-state index contributed by atoms with van der Waals surface area (Å²) < 4.78 is 5.06. The van der Waals surface area contributed by atoms with Crippen molar-refractivity contribution >= 4 is 6.21 Å². The second-order valence-corrected chi connectivity index (χ2v) is 4.71. The van der Waals surface area contributed by atoms with Crippen molar-refractivity contribution in [2.45, 2.75) is 13.8 Å². The third kappa shape index (κ3) is 6.14. The number of para-hydroxylation sites is 1. The number of nitrogens with zero attached hydrogens (tertiary/aromatic N) is 2. The minimum atomic E-state index is 0.137. The second-order valence-electron chi connectivity index (χ2n) is 4.71. The minimum absolute atomic E-state index is 0.137. The highest BCUT2D eigenvalue weighted by atomic mass is 16.5. The van der Waals surface area contributed by atoms with Crippen LogP contribution in [0.1, 0.15) is 19.4 Å². The zero-order valence-corrected chi connectivity index (χ0v) is 13.3. The standard InChI is InChI=1S/C16H27N3O2/c1-4-19(5-2)12-11-17-9-10-18-13-14-7-6-8-15(21-3)16(14)20/h6-8,13,17,20H,4-5,9-12H2,1-3H3. The Morgan fingerprint density at radius 1 is 1.29 bits per heavy atom. The van der Waals surface area contributed by atoms with Crippen molar-refractivity contribution in [2.75, 3.05) is 46.4 Å². The Morgan fingerprint density at radius 3 is 2.71 bits per heavy atom. The molecule has 0 radical (unpaired) electrons. The molecule has 0 heterocycles. The lowest BCUT2D eigenvalue weighted by atomic mass is 10.2. The van der Waals surface area contributed by atoms with Crippen molar-refractivity contribution in [1.29, 1.82) is 0 Å². The predicted molar refractivity (Wildman–Crippen MR) is 87.8 cm³/mol. The largest absolute Gasteiger partial charge is 0.504 e. The van der Waals surface area contributed by atoms with Crippen LogP contribution in [0.4, 0.5) is 0 Å². The summed E-state index contributed by atoms with van der Waals surface area (Å²) in [5.41, 5.74) is 0.678. The van der Waals surface area contributed by atoms with Crippen LogP contribution in [0.2, 0.25) is 0 Å². The third-order valence-corrected chi connectivity index (χ3v) is 3.40. The maximum absolute atomic E-state index is 9.91. The van der Waals surface area contributed by atoms with E-state index < -0.39 is 0 Å². The second kappa shape index (κ2) is 10.2. The first kappa shape index (κ1) is 17.5. The van der Waals surface area contributed by atoms with Crippen molar-refractivity contribution in [2.24, 2.45) is 4.99 Å². The van der Waals surface area contributed by atoms with Crippen molar-refractivity contribution in [3.63, 3.8) is 0 Å². The highest BCUT2D eigenvalue weighted by molar-refractivity contribution is 5.84. The average molecular weight is 293 g/mol. The Hall–Kier alpha value is -1.59. The maximum atomic E-state index is 9.91. The lowest BCUT2D eigenvalue weighted by molar-refractivity contribution is 0.303. The first-order valence-electron chi connectivity index (χ1n) is 7.51. The molecule has 0 aromatic heterocycles. The number of methoxy groups -OCH3 is 1. The molecule has 0 atom stereocenters. The van der Waals surface area contributed by atoms with Crippen molar-refractivity contribution in [3.8, 4) is 11.5 Å². The summed E-state index contributed by atoms with van der Waals surface area (Å²) in [5.74, 6) is 0.606. The molecular weight excluding hydrogens is 266 g/mol. The highest BCUT2D eigenvalue weighted by Crippen LogP contribution is 2.27. The van der Waals surface area contributed by atoms with Crippen LogP contribution in [0.5, 0.6) is 11.5 Å². The highest BCUT2D eigenvalue weighted by Gasteiger charge is 2.04. The number of ether oxygens (including phenoxy) is 1. The quantitative estimate of drug-likeness (QED) is 0.510. The molecule has 5 nitrogen and oxygen atoms in total. The van der Waals surface area contributed by atoms with E-state index in [-0.39, 0.29) is 5.75 Å². The molecule has 0 bridgehead atoms. The molecular formula is C16H27N3O2. The van der Waals surface area contributed by atoms with Gasteiger partial charge in [0.1, 0.15) is 0 Å². The van der Waals surface area contributed by atoms with Gasteiger partial charge in [-0.3, -0.25) is 4.99 Å². The smallest absolute Gasteiger partial charge is 0.166 e. The van der Waals surface area contributed by atoms with Gasteiger partial charge in [-0.2, -0.15) is 0 Å². The number of nitrogens with one attached hydrogen (secondary N) is 1. The monoisotopic (exact) mass is 293 g/mol. The van der Waals surface area contributed by atoms with Crippen LogP contribution >= 0.6 is 0 Å². The van der Waals surface area contributed by atoms with Crippen LogP contribution in [-0.4, -0.2) is 62.6 Å². The molecule has 0 amide bonds. The van der Waals surface area contributed by atoms with E-state index in [1.807, 2.05) is 12.1 Å². The number of aliphatic imine (C=N–C) groups is 1. The molecule has 21 heavy (non-hydrogen) atoms. The Bertz CT molecular complexity index is 432. The van der Waals surface area contributed by atoms with Gasteiger partial charge >= 0.3 is 0 Å². The molecule has 0 saturated heterocycles. The fourth-order valence-corrected chi connectivity index (χ4v) is 2.02. The molecule has 0 aliphatic heterocycles. The molecule has 0 unspecified atom stereocenters. The van der Waals surface area contributed by atoms with Gasteiger partial charge in [-0.1, -0.05) is 19.9 Å². The first-order chi connectivity index (χ1) is 10.2. The van der Waals surface area contributed by atoms with E-state index in [4.69, 9.17) is 4.74 Å². The number of likely N-dealkylation sites (N-methyl/N-ethyl adjacent to an activating group) is 1. The normalized spacial score (nSPS) is 11.4. The molecule has 1 aromatic carbocycles. The van der Waals surface area contributed by atoms with E-state index in [9.17, 15) is 5.11 Å². The lowest BCUT2D eigenvalue weighted by Gasteiger charge is -2.17. The molecule has 5 heteroatoms. The maximum Gasteiger partial charge on any atom is 0.166 e. The number of phenols is 1. The summed E-state index contributed by atoms with van der Waals surface area (Å²) >= 11 is 0. The van der Waals surface area contributed by atoms with E-state index >= 15 is 0 Å². The van der Waals surface area contributed by atoms with Crippen LogP contribution in [-0.2, 0) is 0 Å². The first-order valence-corrected chi connectivity index (χ1v) is 7.51. The van der Waals surface area contributed by atoms with Gasteiger partial charge in [-0.05, 0) is 25.2 Å². The summed E-state index contributed by atoms with van der Waals surface area (Å²) in [7, 11) is 1.54. The molecule has 118 valence electrons. The molecule has 1 rings (SSSR count). The number of hydrogen-bond donors (Lipinski definition) is 2. The van der Waals surface area contributed by atoms with Crippen LogP contribution in [0, 0.1) is 0 Å². The van der Waals surface area contributed by atoms with Crippen LogP contribution in [0.3, 0.4) is 0 Å². The SMILES string of the molecule is CCN(CC)CCNCCN=Cc1cccc(OC)c1O. The summed E-state index contributed by atoms with van der Waals surface area (Å²) in [6, 6.07) is 5.37. The zero-order valence-electron chi connectivity index (χ0n) is 13.3. The van der Waals surface area contributed by atoms with E-state index in [1.54, 1.807) is 12.3 Å². The lowest BCUT2D eigenvalue weighted by Crippen LogP contribution is -2.32. The third-order valence-electron chi connectivity index (χ3n) is 3.40. The molecule has 0 fully saturated rings. The summed E-state index contributed by atoms with van der Waals surface area (Å²) in [6.45, 7) is 10.1. The van der Waals surface area contributed by atoms with E-state index in [0.717, 1.165) is 32.7 Å². The number of hydrogen-bond acceptors (Lipinski definition) is 5. The Morgan fingerprint density at radius 2 is 2.05 bits per heavy atom. The van der Waals surface area contributed by atoms with Gasteiger partial charge in [0.25, 0.3) is 0 Å². The average Bonchev–Trinajstić information content (AvgIpc) is 2.51. The molecule has 0 spiro atoms. The van der Waals surface area contributed by atoms with Gasteiger partial charge in [-0.25, -0.2) is 0 Å². The molecule has 0 aliphatic rings. The topological polar surface area (TPSA) is 57.1 Å². The molecule has 2 N–H and O–H groups in total. The van der Waals surface area contributed by atoms with Crippen molar-refractivity contribution < 1.29 is 9.84 Å². The number of phenolic OH excluding ortho intramolecular Hbond substituents is 1. The Balaban J connectivity index is 2.26. The van der Waals surface area contributed by atoms with Gasteiger partial charge in [0.2, 0.25) is 0 Å². The summed E-state index contributed by atoms with van der Waals surface area (Å²) in [6.07, 6.45) is 1.68. The minimum Gasteiger partial charge on any atom is -0.504 e.